The molecule has 0 atom stereocenters. The number of carbonyl (C=O) groups is 1. The molecule has 0 saturated carbocycles. The molecule has 3 nitrogen and oxygen atoms in total. The van der Waals surface area contributed by atoms with Crippen LogP contribution in [0, 0.1) is 0 Å². The molecule has 4 N–H and O–H groups in total. The number of quaternary nitrogens is 1. The zero-order valence-corrected chi connectivity index (χ0v) is 5.24. The predicted molar refractivity (Wildman–Crippen MR) is 31.1 cm³/mol. The van der Waals surface area contributed by atoms with Crippen LogP contribution < -0.4 is 11.1 Å². The van der Waals surface area contributed by atoms with Crippen molar-refractivity contribution in [1.82, 2.24) is 5.32 Å². The summed E-state index contributed by atoms with van der Waals surface area (Å²) < 4.78 is 0. The van der Waals surface area contributed by atoms with Crippen molar-refractivity contribution >= 4 is 5.91 Å². The van der Waals surface area contributed by atoms with Crippen molar-refractivity contribution in [2.75, 3.05) is 13.6 Å². The van der Waals surface area contributed by atoms with Crippen LogP contribution in [0.25, 0.3) is 0 Å². The third-order valence-corrected chi connectivity index (χ3v) is 0.882. The first kappa shape index (κ1) is 7.59. The van der Waals surface area contributed by atoms with Crippen LogP contribution in [0.2, 0.25) is 0 Å². The van der Waals surface area contributed by atoms with Crippen LogP contribution in [0.1, 0.15) is 12.8 Å². The third kappa shape index (κ3) is 5.59. The molecule has 0 aliphatic rings. The number of carbonyl (C=O) groups excluding carboxylic acids is 1. The molecule has 0 aromatic heterocycles. The fourth-order valence-electron chi connectivity index (χ4n) is 0.462. The lowest BCUT2D eigenvalue weighted by atomic mass is 10.3. The lowest BCUT2D eigenvalue weighted by Gasteiger charge is -1.91. The highest BCUT2D eigenvalue weighted by molar-refractivity contribution is 5.64. The van der Waals surface area contributed by atoms with Crippen molar-refractivity contribution in [3.63, 3.8) is 0 Å². The topological polar surface area (TPSA) is 56.7 Å². The van der Waals surface area contributed by atoms with Crippen LogP contribution in [0.5, 0.6) is 0 Å². The first-order valence-corrected chi connectivity index (χ1v) is 2.76. The zero-order valence-electron chi connectivity index (χ0n) is 5.24. The Hall–Kier alpha value is -0.410. The second-order valence-corrected chi connectivity index (χ2v) is 1.75. The second-order valence-electron chi connectivity index (χ2n) is 1.75. The molecule has 0 aromatic carbocycles. The van der Waals surface area contributed by atoms with Gasteiger partial charge in [0, 0.05) is 0 Å². The number of nitrogens with one attached hydrogen (secondary N) is 1. The molecule has 0 spiro atoms. The normalized spacial score (nSPS) is 9.25. The highest BCUT2D eigenvalue weighted by Crippen LogP contribution is 1.80. The van der Waals surface area contributed by atoms with Gasteiger partial charge in [-0.2, -0.15) is 0 Å². The van der Waals surface area contributed by atoms with E-state index in [1.54, 1.807) is 0 Å². The Kier molecular flexibility index (Phi) is 4.50. The van der Waals surface area contributed by atoms with E-state index in [-0.39, 0.29) is 5.91 Å². The molecular formula is C5H13N2O+. The van der Waals surface area contributed by atoms with E-state index in [1.165, 1.54) is 0 Å². The van der Waals surface area contributed by atoms with E-state index in [0.717, 1.165) is 13.0 Å². The van der Waals surface area contributed by atoms with Gasteiger partial charge in [0.05, 0.1) is 6.42 Å². The summed E-state index contributed by atoms with van der Waals surface area (Å²) in [5.74, 6) is 0.0280. The Balaban J connectivity index is 2.82. The van der Waals surface area contributed by atoms with Gasteiger partial charge in [0.1, 0.15) is 0 Å². The van der Waals surface area contributed by atoms with Crippen molar-refractivity contribution in [2.24, 2.45) is 0 Å². The van der Waals surface area contributed by atoms with E-state index in [4.69, 9.17) is 0 Å². The maximum absolute atomic E-state index is 10.2. The Morgan fingerprint density at radius 2 is 2.38 bits per heavy atom. The maximum Gasteiger partial charge on any atom is 0.308 e. The van der Waals surface area contributed by atoms with Crippen molar-refractivity contribution in [3.05, 3.63) is 0 Å². The van der Waals surface area contributed by atoms with Gasteiger partial charge < -0.3 is 5.32 Å². The minimum absolute atomic E-state index is 0.0280. The molecule has 0 radical (unpaired) electrons. The highest BCUT2D eigenvalue weighted by atomic mass is 16.1. The molecular weight excluding hydrogens is 104 g/mol. The Morgan fingerprint density at radius 1 is 1.75 bits per heavy atom. The highest BCUT2D eigenvalue weighted by Gasteiger charge is 1.94. The summed E-state index contributed by atoms with van der Waals surface area (Å²) in [7, 11) is 1.87. The van der Waals surface area contributed by atoms with E-state index in [9.17, 15) is 4.79 Å². The van der Waals surface area contributed by atoms with Gasteiger partial charge in [0.2, 0.25) is 0 Å². The van der Waals surface area contributed by atoms with Gasteiger partial charge >= 0.3 is 5.91 Å². The van der Waals surface area contributed by atoms with Crippen LogP contribution in [0.3, 0.4) is 0 Å². The van der Waals surface area contributed by atoms with E-state index < -0.39 is 0 Å². The SMILES string of the molecule is CNCCCC([NH3+])=O. The number of hydrogen-bond donors (Lipinski definition) is 2. The average molecular weight is 117 g/mol. The Labute approximate surface area is 49.3 Å². The predicted octanol–water partition coefficient (Wildman–Crippen LogP) is -1.25. The summed E-state index contributed by atoms with van der Waals surface area (Å²) in [5, 5.41) is 2.94. The first-order chi connectivity index (χ1) is 3.77. The maximum atomic E-state index is 10.2. The molecule has 0 saturated heterocycles. The molecule has 0 heterocycles. The third-order valence-electron chi connectivity index (χ3n) is 0.882. The summed E-state index contributed by atoms with van der Waals surface area (Å²) in [6, 6.07) is 0. The minimum atomic E-state index is 0.0280. The fourth-order valence-corrected chi connectivity index (χ4v) is 0.462. The second kappa shape index (κ2) is 4.74. The summed E-state index contributed by atoms with van der Waals surface area (Å²) in [5.41, 5.74) is 3.24. The van der Waals surface area contributed by atoms with Gasteiger partial charge in [0.15, 0.2) is 0 Å². The standard InChI is InChI=1S/C5H12N2O/c1-7-4-2-3-5(6)8/h7H,2-4H2,1H3,(H2,6,8)/p+1. The molecule has 48 valence electrons. The van der Waals surface area contributed by atoms with Crippen molar-refractivity contribution in [3.8, 4) is 0 Å². The molecule has 1 amide bonds. The van der Waals surface area contributed by atoms with Crippen LogP contribution in [-0.4, -0.2) is 19.5 Å². The first-order valence-electron chi connectivity index (χ1n) is 2.76. The van der Waals surface area contributed by atoms with Crippen molar-refractivity contribution < 1.29 is 10.5 Å². The Morgan fingerprint density at radius 3 is 2.75 bits per heavy atom. The molecule has 0 bridgehead atoms. The lowest BCUT2D eigenvalue weighted by molar-refractivity contribution is -0.305. The van der Waals surface area contributed by atoms with Crippen LogP contribution in [-0.2, 0) is 4.79 Å². The minimum Gasteiger partial charge on any atom is -0.320 e. The smallest absolute Gasteiger partial charge is 0.308 e. The van der Waals surface area contributed by atoms with Gasteiger partial charge in [-0.25, -0.2) is 4.79 Å². The largest absolute Gasteiger partial charge is 0.320 e. The molecule has 0 aliphatic heterocycles. The summed E-state index contributed by atoms with van der Waals surface area (Å²) in [6.07, 6.45) is 1.50. The lowest BCUT2D eigenvalue weighted by Crippen LogP contribution is -2.56. The number of hydrogen-bond acceptors (Lipinski definition) is 2. The van der Waals surface area contributed by atoms with E-state index in [2.05, 4.69) is 11.1 Å². The van der Waals surface area contributed by atoms with Crippen LogP contribution in [0.4, 0.5) is 0 Å². The van der Waals surface area contributed by atoms with E-state index >= 15 is 0 Å². The summed E-state index contributed by atoms with van der Waals surface area (Å²) in [4.78, 5) is 10.2. The average Bonchev–Trinajstić information content (AvgIpc) is 1.66. The van der Waals surface area contributed by atoms with Gasteiger partial charge in [0.25, 0.3) is 0 Å². The monoisotopic (exact) mass is 117 g/mol. The van der Waals surface area contributed by atoms with Gasteiger partial charge in [-0.05, 0) is 20.0 Å². The molecule has 0 aliphatic carbocycles. The number of amides is 1. The summed E-state index contributed by atoms with van der Waals surface area (Å²) in [6.45, 7) is 0.904. The van der Waals surface area contributed by atoms with E-state index in [0.29, 0.717) is 6.42 Å². The molecule has 0 unspecified atom stereocenters. The van der Waals surface area contributed by atoms with Crippen LogP contribution >= 0.6 is 0 Å². The van der Waals surface area contributed by atoms with Gasteiger partial charge in [-0.3, -0.25) is 5.73 Å². The zero-order chi connectivity index (χ0) is 6.41. The molecule has 0 fully saturated rings. The van der Waals surface area contributed by atoms with Crippen molar-refractivity contribution in [2.45, 2.75) is 12.8 Å². The number of rotatable bonds is 4. The van der Waals surface area contributed by atoms with Gasteiger partial charge in [-0.15, -0.1) is 0 Å². The quantitative estimate of drug-likeness (QED) is 0.452. The molecule has 0 rings (SSSR count). The fraction of sp³-hybridized carbons (Fsp3) is 0.800. The summed E-state index contributed by atoms with van der Waals surface area (Å²) >= 11 is 0. The van der Waals surface area contributed by atoms with Crippen LogP contribution in [0.15, 0.2) is 0 Å². The van der Waals surface area contributed by atoms with Crippen molar-refractivity contribution in [1.29, 1.82) is 0 Å². The van der Waals surface area contributed by atoms with E-state index in [1.807, 2.05) is 7.05 Å². The molecule has 8 heavy (non-hydrogen) atoms. The molecule has 0 aromatic rings. The van der Waals surface area contributed by atoms with Gasteiger partial charge in [-0.1, -0.05) is 0 Å². The molecule has 3 heteroatoms. The Bertz CT molecular complexity index is 72.8.